The van der Waals surface area contributed by atoms with Gasteiger partial charge >= 0.3 is 0 Å². The van der Waals surface area contributed by atoms with E-state index in [0.717, 1.165) is 10.5 Å². The summed E-state index contributed by atoms with van der Waals surface area (Å²) < 4.78 is 34.5. The lowest BCUT2D eigenvalue weighted by Crippen LogP contribution is -2.30. The van der Waals surface area contributed by atoms with Crippen LogP contribution in [0.15, 0.2) is 52.3 Å². The van der Waals surface area contributed by atoms with Crippen molar-refractivity contribution in [1.82, 2.24) is 4.72 Å². The Bertz CT molecular complexity index is 987. The lowest BCUT2D eigenvalue weighted by atomic mass is 9.98. The number of carbonyl (C=O) groups excluding carboxylic acids is 1. The molecule has 0 unspecified atom stereocenters. The number of rotatable bonds is 10. The van der Waals surface area contributed by atoms with E-state index in [0.29, 0.717) is 17.9 Å². The molecular weight excluding hydrogens is 432 g/mol. The number of hydrogen-bond acceptors (Lipinski definition) is 5. The number of anilines is 1. The Morgan fingerprint density at radius 1 is 1.06 bits per heavy atom. The molecule has 0 heterocycles. The predicted octanol–water partition coefficient (Wildman–Crippen LogP) is 5.08. The Kier molecular flexibility index (Phi) is 8.97. The van der Waals surface area contributed by atoms with Crippen LogP contribution in [0.2, 0.25) is 0 Å². The smallest absolute Gasteiger partial charge is 0.241 e. The molecule has 0 saturated heterocycles. The maximum Gasteiger partial charge on any atom is 0.241 e. The van der Waals surface area contributed by atoms with Crippen LogP contribution >= 0.6 is 11.8 Å². The molecule has 0 fully saturated rings. The molecule has 0 saturated carbocycles. The highest BCUT2D eigenvalue weighted by molar-refractivity contribution is 7.98. The van der Waals surface area contributed by atoms with Crippen molar-refractivity contribution >= 4 is 33.4 Å². The van der Waals surface area contributed by atoms with Gasteiger partial charge in [-0.25, -0.2) is 13.1 Å². The first-order valence-corrected chi connectivity index (χ1v) is 12.9. The molecular formula is C23H32N2O4S2. The lowest BCUT2D eigenvalue weighted by Gasteiger charge is -2.22. The van der Waals surface area contributed by atoms with E-state index in [9.17, 15) is 13.2 Å². The van der Waals surface area contributed by atoms with Crippen molar-refractivity contribution in [3.63, 3.8) is 0 Å². The van der Waals surface area contributed by atoms with E-state index in [1.54, 1.807) is 33.1 Å². The Morgan fingerprint density at radius 3 is 2.23 bits per heavy atom. The van der Waals surface area contributed by atoms with Crippen LogP contribution in [-0.4, -0.2) is 27.7 Å². The fraction of sp³-hybridized carbons (Fsp3) is 0.435. The number of ether oxygens (including phenoxy) is 1. The molecule has 0 radical (unpaired) electrons. The molecule has 0 aromatic heterocycles. The molecule has 6 nitrogen and oxygen atoms in total. The standard InChI is InChI=1S/C23H32N2O4S2/c1-15(2)13-20(17-7-9-18(29-5)10-8-17)25-31(27,28)19-11-12-22(30-6)21(14-19)24-23(26)16(3)4/h7-12,14-16,20,25H,13H2,1-6H3,(H,24,26)/t20-/m1/s1. The number of carbonyl (C=O) groups is 1. The van der Waals surface area contributed by atoms with Crippen molar-refractivity contribution in [3.8, 4) is 5.75 Å². The average molecular weight is 465 g/mol. The Morgan fingerprint density at radius 2 is 1.71 bits per heavy atom. The number of benzene rings is 2. The fourth-order valence-corrected chi connectivity index (χ4v) is 4.84. The minimum atomic E-state index is -3.81. The van der Waals surface area contributed by atoms with Gasteiger partial charge in [-0.2, -0.15) is 0 Å². The number of amides is 1. The van der Waals surface area contributed by atoms with Gasteiger partial charge in [0.25, 0.3) is 0 Å². The zero-order valence-electron chi connectivity index (χ0n) is 18.9. The second kappa shape index (κ2) is 11.0. The summed E-state index contributed by atoms with van der Waals surface area (Å²) in [6, 6.07) is 11.8. The number of hydrogen-bond donors (Lipinski definition) is 2. The number of sulfonamides is 1. The quantitative estimate of drug-likeness (QED) is 0.479. The predicted molar refractivity (Wildman–Crippen MR) is 127 cm³/mol. The van der Waals surface area contributed by atoms with Crippen molar-refractivity contribution in [2.45, 2.75) is 49.9 Å². The summed E-state index contributed by atoms with van der Waals surface area (Å²) in [6.07, 6.45) is 2.53. The molecule has 2 aromatic rings. The van der Waals surface area contributed by atoms with E-state index in [-0.39, 0.29) is 28.7 Å². The van der Waals surface area contributed by atoms with Gasteiger partial charge in [0.15, 0.2) is 0 Å². The molecule has 8 heteroatoms. The molecule has 2 N–H and O–H groups in total. The molecule has 0 aliphatic rings. The van der Waals surface area contributed by atoms with Crippen LogP contribution < -0.4 is 14.8 Å². The molecule has 170 valence electrons. The van der Waals surface area contributed by atoms with Crippen LogP contribution in [-0.2, 0) is 14.8 Å². The zero-order valence-corrected chi connectivity index (χ0v) is 20.6. The van der Waals surface area contributed by atoms with Gasteiger partial charge in [-0.15, -0.1) is 11.8 Å². The average Bonchev–Trinajstić information content (AvgIpc) is 2.72. The van der Waals surface area contributed by atoms with E-state index in [1.807, 2.05) is 30.5 Å². The summed E-state index contributed by atoms with van der Waals surface area (Å²) in [6.45, 7) is 7.69. The van der Waals surface area contributed by atoms with Crippen molar-refractivity contribution in [2.75, 3.05) is 18.7 Å². The summed E-state index contributed by atoms with van der Waals surface area (Å²) in [7, 11) is -2.22. The number of nitrogens with one attached hydrogen (secondary N) is 2. The normalized spacial score (nSPS) is 12.8. The summed E-state index contributed by atoms with van der Waals surface area (Å²) >= 11 is 1.45. The third-order valence-corrected chi connectivity index (χ3v) is 7.05. The molecule has 2 rings (SSSR count). The minimum Gasteiger partial charge on any atom is -0.497 e. The summed E-state index contributed by atoms with van der Waals surface area (Å²) in [4.78, 5) is 13.1. The highest BCUT2D eigenvalue weighted by atomic mass is 32.2. The first-order valence-electron chi connectivity index (χ1n) is 10.2. The summed E-state index contributed by atoms with van der Waals surface area (Å²) in [5, 5.41) is 2.84. The molecule has 0 bridgehead atoms. The zero-order chi connectivity index (χ0) is 23.2. The third-order valence-electron chi connectivity index (χ3n) is 4.79. The molecule has 2 aromatic carbocycles. The van der Waals surface area contributed by atoms with Gasteiger partial charge in [0.1, 0.15) is 5.75 Å². The van der Waals surface area contributed by atoms with E-state index < -0.39 is 10.0 Å². The van der Waals surface area contributed by atoms with Gasteiger partial charge in [0.2, 0.25) is 15.9 Å². The maximum absolute atomic E-state index is 13.2. The Balaban J connectivity index is 2.37. The van der Waals surface area contributed by atoms with Crippen LogP contribution in [0.3, 0.4) is 0 Å². The van der Waals surface area contributed by atoms with Gasteiger partial charge in [0, 0.05) is 16.9 Å². The van der Waals surface area contributed by atoms with Gasteiger partial charge in [-0.1, -0.05) is 39.8 Å². The van der Waals surface area contributed by atoms with Crippen LogP contribution in [0, 0.1) is 11.8 Å². The van der Waals surface area contributed by atoms with Crippen molar-refractivity contribution in [1.29, 1.82) is 0 Å². The van der Waals surface area contributed by atoms with Gasteiger partial charge in [-0.3, -0.25) is 4.79 Å². The molecule has 1 amide bonds. The van der Waals surface area contributed by atoms with E-state index in [2.05, 4.69) is 23.9 Å². The van der Waals surface area contributed by atoms with E-state index >= 15 is 0 Å². The molecule has 31 heavy (non-hydrogen) atoms. The first-order chi connectivity index (χ1) is 14.6. The second-order valence-electron chi connectivity index (χ2n) is 8.08. The number of thioether (sulfide) groups is 1. The largest absolute Gasteiger partial charge is 0.497 e. The highest BCUT2D eigenvalue weighted by Crippen LogP contribution is 2.30. The Hall–Kier alpha value is -2.03. The second-order valence-corrected chi connectivity index (χ2v) is 10.6. The summed E-state index contributed by atoms with van der Waals surface area (Å²) in [5.41, 5.74) is 1.37. The lowest BCUT2D eigenvalue weighted by molar-refractivity contribution is -0.118. The molecule has 0 aliphatic heterocycles. The fourth-order valence-electron chi connectivity index (χ4n) is 3.04. The van der Waals surface area contributed by atoms with Gasteiger partial charge in [-0.05, 0) is 54.5 Å². The first kappa shape index (κ1) is 25.2. The summed E-state index contributed by atoms with van der Waals surface area (Å²) in [5.74, 6) is 0.634. The van der Waals surface area contributed by atoms with Gasteiger partial charge < -0.3 is 10.1 Å². The van der Waals surface area contributed by atoms with Crippen LogP contribution in [0.1, 0.15) is 45.7 Å². The molecule has 1 atom stereocenters. The molecule has 0 spiro atoms. The van der Waals surface area contributed by atoms with Crippen molar-refractivity contribution < 1.29 is 17.9 Å². The van der Waals surface area contributed by atoms with Crippen LogP contribution in [0.4, 0.5) is 5.69 Å². The topological polar surface area (TPSA) is 84.5 Å². The maximum atomic E-state index is 13.2. The SMILES string of the molecule is COc1ccc([C@@H](CC(C)C)NS(=O)(=O)c2ccc(SC)c(NC(=O)C(C)C)c2)cc1. The van der Waals surface area contributed by atoms with Gasteiger partial charge in [0.05, 0.1) is 17.7 Å². The van der Waals surface area contributed by atoms with Crippen molar-refractivity contribution in [2.24, 2.45) is 11.8 Å². The number of methoxy groups -OCH3 is 1. The Labute approximate surface area is 190 Å². The van der Waals surface area contributed by atoms with Crippen molar-refractivity contribution in [3.05, 3.63) is 48.0 Å². The van der Waals surface area contributed by atoms with Crippen LogP contribution in [0.25, 0.3) is 0 Å². The highest BCUT2D eigenvalue weighted by Gasteiger charge is 2.24. The minimum absolute atomic E-state index is 0.117. The molecule has 0 aliphatic carbocycles. The van der Waals surface area contributed by atoms with E-state index in [1.165, 1.54) is 17.8 Å². The van der Waals surface area contributed by atoms with E-state index in [4.69, 9.17) is 4.74 Å². The monoisotopic (exact) mass is 464 g/mol. The van der Waals surface area contributed by atoms with Crippen LogP contribution in [0.5, 0.6) is 5.75 Å². The third kappa shape index (κ3) is 6.98.